The fourth-order valence-corrected chi connectivity index (χ4v) is 3.95. The molecule has 2 heterocycles. The molecular weight excluding hydrogens is 392 g/mol. The molecule has 0 saturated carbocycles. The predicted molar refractivity (Wildman–Crippen MR) is 105 cm³/mol. The summed E-state index contributed by atoms with van der Waals surface area (Å²) >= 11 is 0. The van der Waals surface area contributed by atoms with Gasteiger partial charge in [-0.3, -0.25) is 4.79 Å². The van der Waals surface area contributed by atoms with Crippen molar-refractivity contribution in [1.29, 1.82) is 0 Å². The Morgan fingerprint density at radius 3 is 2.63 bits per heavy atom. The molecule has 160 valence electrons. The molecule has 5 atom stereocenters. The summed E-state index contributed by atoms with van der Waals surface area (Å²) < 4.78 is 11.3. The van der Waals surface area contributed by atoms with Crippen molar-refractivity contribution in [2.24, 2.45) is 5.92 Å². The molecular formula is C22H24O8. The number of esters is 1. The van der Waals surface area contributed by atoms with Crippen molar-refractivity contribution in [2.75, 3.05) is 0 Å². The lowest BCUT2D eigenvalue weighted by atomic mass is 9.69. The summed E-state index contributed by atoms with van der Waals surface area (Å²) in [4.78, 5) is 36.0. The number of carbonyl (C=O) groups excluding carboxylic acids is 2. The summed E-state index contributed by atoms with van der Waals surface area (Å²) in [6.07, 6.45) is 9.52. The first-order valence-electron chi connectivity index (χ1n) is 9.74. The van der Waals surface area contributed by atoms with Crippen molar-refractivity contribution in [3.8, 4) is 0 Å². The number of hydrogen-bond donors (Lipinski definition) is 3. The SMILES string of the molecule is C[C@H]1CCC[C@@H](O)[C@]2(O)C(=O)C=C[C@@H]3OC(/C=C/C=C\C=C\C(=O)O)=C(C(=O)O1)[C@@H]32. The Kier molecular flexibility index (Phi) is 6.38. The number of rotatable bonds is 4. The quantitative estimate of drug-likeness (QED) is 0.356. The highest BCUT2D eigenvalue weighted by Crippen LogP contribution is 2.46. The fourth-order valence-electron chi connectivity index (χ4n) is 3.95. The molecule has 1 fully saturated rings. The summed E-state index contributed by atoms with van der Waals surface area (Å²) in [5.74, 6) is -3.44. The second kappa shape index (κ2) is 8.81. The van der Waals surface area contributed by atoms with Crippen LogP contribution in [-0.2, 0) is 23.9 Å². The first-order valence-corrected chi connectivity index (χ1v) is 9.74. The summed E-state index contributed by atoms with van der Waals surface area (Å²) in [7, 11) is 0. The van der Waals surface area contributed by atoms with E-state index in [1.165, 1.54) is 42.5 Å². The molecule has 0 radical (unpaired) electrons. The molecule has 0 aromatic heterocycles. The number of carbonyl (C=O) groups is 3. The normalized spacial score (nSPS) is 34.5. The van der Waals surface area contributed by atoms with Crippen molar-refractivity contribution in [2.45, 2.75) is 50.1 Å². The molecule has 3 rings (SSSR count). The average Bonchev–Trinajstić information content (AvgIpc) is 3.06. The smallest absolute Gasteiger partial charge is 0.338 e. The third-order valence-corrected chi connectivity index (χ3v) is 5.42. The van der Waals surface area contributed by atoms with Crippen LogP contribution in [0.2, 0.25) is 0 Å². The maximum atomic E-state index is 12.9. The van der Waals surface area contributed by atoms with Gasteiger partial charge in [0, 0.05) is 6.08 Å². The second-order valence-corrected chi connectivity index (χ2v) is 7.49. The first kappa shape index (κ1) is 21.7. The van der Waals surface area contributed by atoms with Gasteiger partial charge in [-0.25, -0.2) is 9.59 Å². The van der Waals surface area contributed by atoms with Crippen LogP contribution in [0.15, 0.2) is 59.9 Å². The van der Waals surface area contributed by atoms with E-state index in [2.05, 4.69) is 0 Å². The van der Waals surface area contributed by atoms with Crippen molar-refractivity contribution in [1.82, 2.24) is 0 Å². The number of hydrogen-bond acceptors (Lipinski definition) is 7. The maximum Gasteiger partial charge on any atom is 0.338 e. The summed E-state index contributed by atoms with van der Waals surface area (Å²) in [5.41, 5.74) is -2.19. The number of allylic oxidation sites excluding steroid dienone is 5. The minimum absolute atomic E-state index is 0.00118. The van der Waals surface area contributed by atoms with E-state index in [0.29, 0.717) is 12.8 Å². The molecule has 1 saturated heterocycles. The number of ketones is 1. The highest BCUT2D eigenvalue weighted by molar-refractivity contribution is 6.02. The van der Waals surface area contributed by atoms with Gasteiger partial charge in [-0.2, -0.15) is 0 Å². The zero-order chi connectivity index (χ0) is 21.9. The van der Waals surface area contributed by atoms with Crippen LogP contribution in [0.5, 0.6) is 0 Å². The van der Waals surface area contributed by atoms with Gasteiger partial charge in [0.1, 0.15) is 11.9 Å². The number of aliphatic hydroxyl groups excluding tert-OH is 1. The molecule has 3 N–H and O–H groups in total. The van der Waals surface area contributed by atoms with Gasteiger partial charge in [0.2, 0.25) is 0 Å². The van der Waals surface area contributed by atoms with E-state index in [-0.39, 0.29) is 17.8 Å². The fraction of sp³-hybridized carbons (Fsp3) is 0.409. The Morgan fingerprint density at radius 2 is 1.90 bits per heavy atom. The molecule has 8 nitrogen and oxygen atoms in total. The molecule has 30 heavy (non-hydrogen) atoms. The van der Waals surface area contributed by atoms with Gasteiger partial charge in [0.25, 0.3) is 0 Å². The highest BCUT2D eigenvalue weighted by Gasteiger charge is 2.60. The number of aliphatic carboxylic acids is 1. The summed E-state index contributed by atoms with van der Waals surface area (Å²) in [5, 5.41) is 30.5. The van der Waals surface area contributed by atoms with Gasteiger partial charge in [-0.15, -0.1) is 0 Å². The third-order valence-electron chi connectivity index (χ3n) is 5.42. The molecule has 2 aliphatic heterocycles. The number of carboxylic acid groups (broad SMARTS) is 1. The number of cyclic esters (lactones) is 1. The molecule has 0 amide bonds. The van der Waals surface area contributed by atoms with Gasteiger partial charge in [-0.05, 0) is 44.4 Å². The molecule has 0 spiro atoms. The molecule has 0 bridgehead atoms. The lowest BCUT2D eigenvalue weighted by Crippen LogP contribution is -2.60. The molecule has 3 aliphatic rings. The maximum absolute atomic E-state index is 12.9. The Labute approximate surface area is 173 Å². The minimum atomic E-state index is -2.19. The van der Waals surface area contributed by atoms with Crippen molar-refractivity contribution < 1.29 is 39.2 Å². The second-order valence-electron chi connectivity index (χ2n) is 7.49. The summed E-state index contributed by atoms with van der Waals surface area (Å²) in [6.45, 7) is 1.74. The topological polar surface area (TPSA) is 130 Å². The highest BCUT2D eigenvalue weighted by atomic mass is 16.5. The van der Waals surface area contributed by atoms with E-state index in [1.54, 1.807) is 6.92 Å². The monoisotopic (exact) mass is 416 g/mol. The van der Waals surface area contributed by atoms with Crippen LogP contribution in [0.3, 0.4) is 0 Å². The van der Waals surface area contributed by atoms with Gasteiger partial charge in [0.15, 0.2) is 11.4 Å². The molecule has 8 heteroatoms. The lowest BCUT2D eigenvalue weighted by Gasteiger charge is -2.40. The van der Waals surface area contributed by atoms with Gasteiger partial charge in [-0.1, -0.05) is 24.3 Å². The van der Waals surface area contributed by atoms with Crippen molar-refractivity contribution >= 4 is 17.7 Å². The minimum Gasteiger partial charge on any atom is -0.485 e. The third kappa shape index (κ3) is 4.15. The van der Waals surface area contributed by atoms with Crippen LogP contribution in [0.25, 0.3) is 0 Å². The first-order chi connectivity index (χ1) is 14.2. The van der Waals surface area contributed by atoms with E-state index in [9.17, 15) is 24.6 Å². The van der Waals surface area contributed by atoms with Crippen LogP contribution in [0.1, 0.15) is 26.2 Å². The van der Waals surface area contributed by atoms with E-state index >= 15 is 0 Å². The van der Waals surface area contributed by atoms with Gasteiger partial charge in [0.05, 0.1) is 23.7 Å². The Balaban J connectivity index is 2.01. The lowest BCUT2D eigenvalue weighted by molar-refractivity contribution is -0.165. The number of carboxylic acids is 1. The zero-order valence-corrected chi connectivity index (χ0v) is 16.4. The van der Waals surface area contributed by atoms with E-state index in [4.69, 9.17) is 14.6 Å². The van der Waals surface area contributed by atoms with Crippen molar-refractivity contribution in [3.63, 3.8) is 0 Å². The molecule has 0 unspecified atom stereocenters. The molecule has 0 aromatic rings. The number of aliphatic hydroxyl groups is 2. The van der Waals surface area contributed by atoms with Crippen LogP contribution in [0.4, 0.5) is 0 Å². The van der Waals surface area contributed by atoms with E-state index in [1.807, 2.05) is 0 Å². The Bertz CT molecular complexity index is 878. The van der Waals surface area contributed by atoms with E-state index in [0.717, 1.165) is 6.08 Å². The van der Waals surface area contributed by atoms with E-state index < -0.39 is 47.6 Å². The van der Waals surface area contributed by atoms with Gasteiger partial charge >= 0.3 is 11.9 Å². The van der Waals surface area contributed by atoms with Crippen LogP contribution >= 0.6 is 0 Å². The number of ether oxygens (including phenoxy) is 2. The Morgan fingerprint density at radius 1 is 1.17 bits per heavy atom. The summed E-state index contributed by atoms with van der Waals surface area (Å²) in [6, 6.07) is 0. The van der Waals surface area contributed by atoms with Crippen LogP contribution in [0, 0.1) is 5.92 Å². The molecule has 1 aliphatic carbocycles. The van der Waals surface area contributed by atoms with Crippen LogP contribution < -0.4 is 0 Å². The van der Waals surface area contributed by atoms with Crippen molar-refractivity contribution in [3.05, 3.63) is 59.9 Å². The van der Waals surface area contributed by atoms with Crippen LogP contribution in [-0.4, -0.2) is 57.0 Å². The predicted octanol–water partition coefficient (Wildman–Crippen LogP) is 1.36. The average molecular weight is 416 g/mol. The molecule has 0 aromatic carbocycles. The van der Waals surface area contributed by atoms with Gasteiger partial charge < -0.3 is 24.8 Å². The Hall–Kier alpha value is -2.97. The zero-order valence-electron chi connectivity index (χ0n) is 16.4. The largest absolute Gasteiger partial charge is 0.485 e. The standard InChI is InChI=1S/C22H24O8/c1-13-7-6-9-16(23)22(28)17(24)12-11-15-20(22)19(21(27)29-13)14(30-15)8-4-2-3-5-10-18(25)26/h2-5,8,10-13,15-16,20,23,28H,6-7,9H2,1H3,(H,25,26)/b3-2-,8-4+,10-5+/t13-,15-,16+,20+,22-/m0/s1.